The van der Waals surface area contributed by atoms with Gasteiger partial charge in [-0.2, -0.15) is 0 Å². The number of nitrogens with one attached hydrogen (secondary N) is 1. The summed E-state index contributed by atoms with van der Waals surface area (Å²) < 4.78 is 11.0. The average molecular weight is 225 g/mol. The fourth-order valence-corrected chi connectivity index (χ4v) is 1.95. The second kappa shape index (κ2) is 6.06. The Morgan fingerprint density at radius 1 is 1.44 bits per heavy atom. The Hall–Kier alpha value is -0.800. The molecule has 0 amide bonds. The van der Waals surface area contributed by atoms with Crippen molar-refractivity contribution < 1.29 is 9.15 Å². The Bertz CT molecular complexity index is 280. The van der Waals surface area contributed by atoms with Crippen LogP contribution in [0.3, 0.4) is 0 Å². The molecule has 1 aromatic heterocycles. The van der Waals surface area contributed by atoms with Gasteiger partial charge in [-0.25, -0.2) is 0 Å². The molecule has 0 aliphatic rings. The zero-order valence-corrected chi connectivity index (χ0v) is 10.7. The molecule has 0 aliphatic carbocycles. The maximum absolute atomic E-state index is 5.81. The Morgan fingerprint density at radius 3 is 2.69 bits per heavy atom. The molecule has 1 heterocycles. The highest BCUT2D eigenvalue weighted by molar-refractivity contribution is 5.15. The van der Waals surface area contributed by atoms with Gasteiger partial charge in [0.05, 0.1) is 24.2 Å². The van der Waals surface area contributed by atoms with Gasteiger partial charge in [-0.05, 0) is 39.8 Å². The molecule has 1 rings (SSSR count). The Kier molecular flexibility index (Phi) is 5.03. The van der Waals surface area contributed by atoms with E-state index in [1.54, 1.807) is 12.5 Å². The molecule has 0 fully saturated rings. The third-order valence-corrected chi connectivity index (χ3v) is 2.69. The summed E-state index contributed by atoms with van der Waals surface area (Å²) in [7, 11) is 0. The topological polar surface area (TPSA) is 34.4 Å². The maximum atomic E-state index is 5.81. The van der Waals surface area contributed by atoms with Crippen LogP contribution in [0.15, 0.2) is 23.0 Å². The van der Waals surface area contributed by atoms with E-state index in [0.717, 1.165) is 25.1 Å². The molecule has 16 heavy (non-hydrogen) atoms. The first kappa shape index (κ1) is 13.3. The molecule has 0 aliphatic heterocycles. The van der Waals surface area contributed by atoms with Crippen molar-refractivity contribution in [2.75, 3.05) is 13.2 Å². The van der Waals surface area contributed by atoms with Crippen LogP contribution in [0.4, 0.5) is 0 Å². The van der Waals surface area contributed by atoms with Gasteiger partial charge in [0.15, 0.2) is 0 Å². The van der Waals surface area contributed by atoms with Gasteiger partial charge < -0.3 is 14.5 Å². The predicted molar refractivity (Wildman–Crippen MR) is 65.4 cm³/mol. The smallest absolute Gasteiger partial charge is 0.0951 e. The quantitative estimate of drug-likeness (QED) is 0.774. The van der Waals surface area contributed by atoms with Crippen LogP contribution in [0.25, 0.3) is 0 Å². The van der Waals surface area contributed by atoms with Crippen LogP contribution in [0, 0.1) is 0 Å². The van der Waals surface area contributed by atoms with Crippen LogP contribution in [0.5, 0.6) is 0 Å². The molecule has 0 bridgehead atoms. The van der Waals surface area contributed by atoms with Crippen molar-refractivity contribution in [1.82, 2.24) is 5.32 Å². The highest BCUT2D eigenvalue weighted by Gasteiger charge is 2.31. The average Bonchev–Trinajstić information content (AvgIpc) is 2.71. The Labute approximate surface area is 98.2 Å². The summed E-state index contributed by atoms with van der Waals surface area (Å²) in [6.07, 6.45) is 4.60. The molecule has 1 N–H and O–H groups in total. The van der Waals surface area contributed by atoms with Crippen LogP contribution in [-0.2, 0) is 4.74 Å². The van der Waals surface area contributed by atoms with E-state index in [2.05, 4.69) is 26.1 Å². The zero-order valence-electron chi connectivity index (χ0n) is 10.7. The fraction of sp³-hybridized carbons (Fsp3) is 0.692. The minimum atomic E-state index is -0.228. The van der Waals surface area contributed by atoms with E-state index < -0.39 is 0 Å². The lowest BCUT2D eigenvalue weighted by Gasteiger charge is -2.34. The molecule has 3 heteroatoms. The highest BCUT2D eigenvalue weighted by atomic mass is 16.5. The third kappa shape index (κ3) is 3.35. The number of furan rings is 1. The molecule has 0 saturated carbocycles. The van der Waals surface area contributed by atoms with Crippen LogP contribution < -0.4 is 5.32 Å². The van der Waals surface area contributed by atoms with Crippen LogP contribution in [0.2, 0.25) is 0 Å². The first-order valence-corrected chi connectivity index (χ1v) is 6.01. The van der Waals surface area contributed by atoms with E-state index in [0.29, 0.717) is 0 Å². The van der Waals surface area contributed by atoms with Crippen molar-refractivity contribution in [3.05, 3.63) is 24.2 Å². The van der Waals surface area contributed by atoms with Gasteiger partial charge in [0.25, 0.3) is 0 Å². The summed E-state index contributed by atoms with van der Waals surface area (Å²) in [6.45, 7) is 10.1. The molecule has 0 radical (unpaired) electrons. The van der Waals surface area contributed by atoms with Crippen LogP contribution in [0.1, 0.15) is 45.7 Å². The van der Waals surface area contributed by atoms with Gasteiger partial charge in [-0.3, -0.25) is 0 Å². The van der Waals surface area contributed by atoms with Crippen LogP contribution in [-0.4, -0.2) is 18.8 Å². The van der Waals surface area contributed by atoms with E-state index in [1.807, 2.05) is 13.0 Å². The lowest BCUT2D eigenvalue weighted by Crippen LogP contribution is -2.41. The highest BCUT2D eigenvalue weighted by Crippen LogP contribution is 2.29. The number of hydrogen-bond donors (Lipinski definition) is 1. The largest absolute Gasteiger partial charge is 0.472 e. The third-order valence-electron chi connectivity index (χ3n) is 2.69. The number of hydrogen-bond acceptors (Lipinski definition) is 3. The molecule has 0 aromatic carbocycles. The summed E-state index contributed by atoms with van der Waals surface area (Å²) in [6, 6.07) is 2.17. The molecule has 0 saturated heterocycles. The summed E-state index contributed by atoms with van der Waals surface area (Å²) in [5.41, 5.74) is 0.917. The van der Waals surface area contributed by atoms with Crippen molar-refractivity contribution in [2.45, 2.75) is 45.8 Å². The van der Waals surface area contributed by atoms with Crippen molar-refractivity contribution >= 4 is 0 Å². The molecule has 1 aromatic rings. The van der Waals surface area contributed by atoms with Crippen molar-refractivity contribution in [3.8, 4) is 0 Å². The fourth-order valence-electron chi connectivity index (χ4n) is 1.95. The van der Waals surface area contributed by atoms with E-state index in [1.165, 1.54) is 0 Å². The summed E-state index contributed by atoms with van der Waals surface area (Å²) in [5, 5.41) is 3.51. The first-order chi connectivity index (χ1) is 7.61. The van der Waals surface area contributed by atoms with Crippen molar-refractivity contribution in [2.24, 2.45) is 0 Å². The molecule has 92 valence electrons. The predicted octanol–water partition coefficient (Wildman–Crippen LogP) is 3.14. The molecule has 1 unspecified atom stereocenters. The molecule has 0 spiro atoms. The van der Waals surface area contributed by atoms with Crippen molar-refractivity contribution in [3.63, 3.8) is 0 Å². The molecular weight excluding hydrogens is 202 g/mol. The standard InChI is InChI=1S/C13H23NO2/c1-5-8-14-12(11-7-9-15-10-11)13(3,4)16-6-2/h7,9-10,12,14H,5-6,8H2,1-4H3. The minimum Gasteiger partial charge on any atom is -0.472 e. The summed E-state index contributed by atoms with van der Waals surface area (Å²) in [5.74, 6) is 0. The lowest BCUT2D eigenvalue weighted by molar-refractivity contribution is -0.0393. The second-order valence-corrected chi connectivity index (χ2v) is 4.48. The lowest BCUT2D eigenvalue weighted by atomic mass is 9.93. The van der Waals surface area contributed by atoms with Gasteiger partial charge in [0.1, 0.15) is 0 Å². The first-order valence-electron chi connectivity index (χ1n) is 6.01. The summed E-state index contributed by atoms with van der Waals surface area (Å²) >= 11 is 0. The molecular formula is C13H23NO2. The number of rotatable bonds is 7. The van der Waals surface area contributed by atoms with E-state index >= 15 is 0 Å². The number of ether oxygens (including phenoxy) is 1. The second-order valence-electron chi connectivity index (χ2n) is 4.48. The van der Waals surface area contributed by atoms with Gasteiger partial charge in [-0.1, -0.05) is 6.92 Å². The molecule has 3 nitrogen and oxygen atoms in total. The molecule has 1 atom stereocenters. The van der Waals surface area contributed by atoms with Gasteiger partial charge in [-0.15, -0.1) is 0 Å². The van der Waals surface area contributed by atoms with E-state index in [4.69, 9.17) is 9.15 Å². The maximum Gasteiger partial charge on any atom is 0.0951 e. The Balaban J connectivity index is 2.78. The monoisotopic (exact) mass is 225 g/mol. The zero-order chi connectivity index (χ0) is 12.0. The SMILES string of the molecule is CCCNC(c1ccoc1)C(C)(C)OCC. The summed E-state index contributed by atoms with van der Waals surface area (Å²) in [4.78, 5) is 0. The van der Waals surface area contributed by atoms with Crippen molar-refractivity contribution in [1.29, 1.82) is 0 Å². The minimum absolute atomic E-state index is 0.172. The van der Waals surface area contributed by atoms with Gasteiger partial charge in [0, 0.05) is 12.2 Å². The van der Waals surface area contributed by atoms with Crippen LogP contribution >= 0.6 is 0 Å². The van der Waals surface area contributed by atoms with E-state index in [9.17, 15) is 0 Å². The van der Waals surface area contributed by atoms with Gasteiger partial charge >= 0.3 is 0 Å². The Morgan fingerprint density at radius 2 is 2.19 bits per heavy atom. The van der Waals surface area contributed by atoms with Gasteiger partial charge in [0.2, 0.25) is 0 Å². The van der Waals surface area contributed by atoms with E-state index in [-0.39, 0.29) is 11.6 Å². The normalized spacial score (nSPS) is 14.0.